The molecule has 0 bridgehead atoms. The Kier molecular flexibility index (Phi) is 5.24. The molecule has 2 aromatic rings. The number of aliphatic hydroxyl groups is 1. The normalized spacial score (nSPS) is 26.5. The van der Waals surface area contributed by atoms with E-state index in [9.17, 15) is 14.7 Å². The maximum atomic E-state index is 12.0. The minimum atomic E-state index is -0.562. The molecule has 4 aliphatic heterocycles. The van der Waals surface area contributed by atoms with Crippen LogP contribution in [0.4, 0.5) is 0 Å². The number of cyclic esters (lactones) is 2. The van der Waals surface area contributed by atoms with Crippen LogP contribution < -0.4 is 0 Å². The summed E-state index contributed by atoms with van der Waals surface area (Å²) in [5.74, 6) is -0.480. The number of fused-ring (bicyclic) bond motifs is 3. The standard InChI is InChI=1S/C27H30N2O5/c1-15-9-19-10-18(4-5-20(19)27(32)34-15)25(30)13-29-12-23-24(29)11-28(23)8-7-17-3-6-21-22(16(17)2)14-33-26(21)31/h3-6,10,15,23-25,30H,7-9,11-14H2,1-2H3/t15?,23-,24?,25?/m0/s1. The van der Waals surface area contributed by atoms with Gasteiger partial charge in [0.15, 0.2) is 0 Å². The molecule has 1 N–H and O–H groups in total. The Hall–Kier alpha value is -2.74. The fourth-order valence-corrected chi connectivity index (χ4v) is 5.95. The number of rotatable bonds is 6. The van der Waals surface area contributed by atoms with Gasteiger partial charge in [-0.15, -0.1) is 0 Å². The zero-order valence-corrected chi connectivity index (χ0v) is 19.6. The molecule has 0 spiro atoms. The summed E-state index contributed by atoms with van der Waals surface area (Å²) in [4.78, 5) is 28.7. The van der Waals surface area contributed by atoms with E-state index in [1.54, 1.807) is 6.07 Å². The van der Waals surface area contributed by atoms with Crippen LogP contribution in [0.15, 0.2) is 30.3 Å². The number of hydrogen-bond donors (Lipinski definition) is 1. The van der Waals surface area contributed by atoms with Crippen molar-refractivity contribution in [3.8, 4) is 0 Å². The van der Waals surface area contributed by atoms with Gasteiger partial charge in [0.05, 0.1) is 17.2 Å². The topological polar surface area (TPSA) is 79.3 Å². The number of carbonyl (C=O) groups excluding carboxylic acids is 2. The Morgan fingerprint density at radius 3 is 2.62 bits per heavy atom. The van der Waals surface area contributed by atoms with Gasteiger partial charge in [-0.1, -0.05) is 18.2 Å². The molecule has 3 unspecified atom stereocenters. The number of aliphatic hydroxyl groups excluding tert-OH is 1. The van der Waals surface area contributed by atoms with Crippen LogP contribution >= 0.6 is 0 Å². The molecule has 4 atom stereocenters. The molecule has 0 radical (unpaired) electrons. The van der Waals surface area contributed by atoms with Crippen LogP contribution in [0.3, 0.4) is 0 Å². The van der Waals surface area contributed by atoms with Gasteiger partial charge in [0.25, 0.3) is 0 Å². The molecule has 4 aliphatic rings. The lowest BCUT2D eigenvalue weighted by atomic mass is 9.84. The summed E-state index contributed by atoms with van der Waals surface area (Å²) in [5.41, 5.74) is 6.69. The molecule has 0 saturated carbocycles. The third-order valence-electron chi connectivity index (χ3n) is 8.13. The maximum absolute atomic E-state index is 12.0. The Bertz CT molecular complexity index is 1180. The number of benzene rings is 2. The minimum absolute atomic E-state index is 0.124. The van der Waals surface area contributed by atoms with Crippen LogP contribution in [-0.2, 0) is 28.9 Å². The molecule has 0 aromatic heterocycles. The molecule has 34 heavy (non-hydrogen) atoms. The van der Waals surface area contributed by atoms with Crippen molar-refractivity contribution in [3.05, 3.63) is 69.3 Å². The van der Waals surface area contributed by atoms with E-state index in [0.29, 0.717) is 42.8 Å². The number of likely N-dealkylation sites (tertiary alicyclic amines) is 2. The van der Waals surface area contributed by atoms with Gasteiger partial charge in [-0.2, -0.15) is 0 Å². The Morgan fingerprint density at radius 1 is 1.06 bits per heavy atom. The minimum Gasteiger partial charge on any atom is -0.459 e. The van der Waals surface area contributed by atoms with Crippen LogP contribution in [0.25, 0.3) is 0 Å². The zero-order valence-electron chi connectivity index (χ0n) is 19.6. The number of esters is 2. The highest BCUT2D eigenvalue weighted by Gasteiger charge is 2.51. The number of carbonyl (C=O) groups is 2. The summed E-state index contributed by atoms with van der Waals surface area (Å²) in [6, 6.07) is 10.7. The highest BCUT2D eigenvalue weighted by atomic mass is 16.5. The van der Waals surface area contributed by atoms with Gasteiger partial charge in [0.1, 0.15) is 12.7 Å². The highest BCUT2D eigenvalue weighted by molar-refractivity contribution is 5.94. The van der Waals surface area contributed by atoms with E-state index in [0.717, 1.165) is 42.7 Å². The van der Waals surface area contributed by atoms with Gasteiger partial charge >= 0.3 is 11.9 Å². The van der Waals surface area contributed by atoms with Crippen LogP contribution in [0.1, 0.15) is 61.6 Å². The summed E-state index contributed by atoms with van der Waals surface area (Å²) in [6.07, 6.45) is 0.973. The number of hydrogen-bond acceptors (Lipinski definition) is 7. The van der Waals surface area contributed by atoms with Crippen molar-refractivity contribution in [2.75, 3.05) is 26.2 Å². The molecular weight excluding hydrogens is 432 g/mol. The molecule has 178 valence electrons. The zero-order chi connectivity index (χ0) is 23.6. The van der Waals surface area contributed by atoms with Crippen molar-refractivity contribution in [2.24, 2.45) is 0 Å². The summed E-state index contributed by atoms with van der Waals surface area (Å²) in [6.45, 7) is 8.00. The predicted molar refractivity (Wildman–Crippen MR) is 125 cm³/mol. The lowest BCUT2D eigenvalue weighted by molar-refractivity contribution is -0.134. The van der Waals surface area contributed by atoms with Gasteiger partial charge in [-0.3, -0.25) is 9.80 Å². The van der Waals surface area contributed by atoms with Gasteiger partial charge in [-0.05, 0) is 54.7 Å². The smallest absolute Gasteiger partial charge is 0.338 e. The molecule has 4 heterocycles. The van der Waals surface area contributed by atoms with Crippen LogP contribution in [0.5, 0.6) is 0 Å². The lowest BCUT2D eigenvalue weighted by Gasteiger charge is -2.62. The van der Waals surface area contributed by atoms with Gasteiger partial charge in [0, 0.05) is 50.2 Å². The molecule has 2 saturated heterocycles. The second-order valence-corrected chi connectivity index (χ2v) is 10.1. The van der Waals surface area contributed by atoms with Crippen molar-refractivity contribution in [2.45, 2.75) is 57.6 Å². The number of β-amino-alcohol motifs (C(OH)–C–C–N with tert-alkyl or cyclic N) is 1. The van der Waals surface area contributed by atoms with E-state index in [4.69, 9.17) is 9.47 Å². The number of piperazine rings is 1. The Labute approximate surface area is 199 Å². The quantitative estimate of drug-likeness (QED) is 0.661. The van der Waals surface area contributed by atoms with Gasteiger partial charge < -0.3 is 14.6 Å². The van der Waals surface area contributed by atoms with E-state index < -0.39 is 6.10 Å². The molecular formula is C27H30N2O5. The fourth-order valence-electron chi connectivity index (χ4n) is 5.95. The Morgan fingerprint density at radius 2 is 1.82 bits per heavy atom. The second kappa shape index (κ2) is 8.18. The average Bonchev–Trinajstić information content (AvgIpc) is 3.18. The molecule has 7 nitrogen and oxygen atoms in total. The van der Waals surface area contributed by atoms with Crippen molar-refractivity contribution >= 4 is 11.9 Å². The SMILES string of the molecule is Cc1c(CCN2CC3[C@@H]2CN3CC(O)c2ccc3c(c2)CC(C)OC3=O)ccc2c1COC2=O. The first-order valence-corrected chi connectivity index (χ1v) is 12.2. The summed E-state index contributed by atoms with van der Waals surface area (Å²) < 4.78 is 10.5. The summed E-state index contributed by atoms with van der Waals surface area (Å²) in [7, 11) is 0. The van der Waals surface area contributed by atoms with E-state index in [-0.39, 0.29) is 18.0 Å². The fraction of sp³-hybridized carbons (Fsp3) is 0.481. The summed E-state index contributed by atoms with van der Waals surface area (Å²) >= 11 is 0. The lowest BCUT2D eigenvalue weighted by Crippen LogP contribution is -2.79. The first-order chi connectivity index (χ1) is 16.4. The molecule has 6 rings (SSSR count). The largest absolute Gasteiger partial charge is 0.459 e. The molecule has 7 heteroatoms. The monoisotopic (exact) mass is 462 g/mol. The maximum Gasteiger partial charge on any atom is 0.338 e. The van der Waals surface area contributed by atoms with E-state index in [1.165, 1.54) is 11.1 Å². The van der Waals surface area contributed by atoms with Crippen molar-refractivity contribution in [1.82, 2.24) is 9.80 Å². The van der Waals surface area contributed by atoms with Crippen molar-refractivity contribution in [1.29, 1.82) is 0 Å². The summed E-state index contributed by atoms with van der Waals surface area (Å²) in [5, 5.41) is 10.9. The highest BCUT2D eigenvalue weighted by Crippen LogP contribution is 2.36. The van der Waals surface area contributed by atoms with Gasteiger partial charge in [-0.25, -0.2) is 9.59 Å². The average molecular weight is 463 g/mol. The van der Waals surface area contributed by atoms with Crippen molar-refractivity contribution in [3.63, 3.8) is 0 Å². The predicted octanol–water partition coefficient (Wildman–Crippen LogP) is 2.41. The number of ether oxygens (including phenoxy) is 2. The van der Waals surface area contributed by atoms with Crippen molar-refractivity contribution < 1.29 is 24.2 Å². The van der Waals surface area contributed by atoms with Gasteiger partial charge in [0.2, 0.25) is 0 Å². The Balaban J connectivity index is 1.02. The second-order valence-electron chi connectivity index (χ2n) is 10.1. The molecule has 2 fully saturated rings. The third-order valence-corrected chi connectivity index (χ3v) is 8.13. The van der Waals surface area contributed by atoms with Crippen LogP contribution in [0, 0.1) is 6.92 Å². The number of nitrogens with zero attached hydrogens (tertiary/aromatic N) is 2. The van der Waals surface area contributed by atoms with E-state index in [2.05, 4.69) is 22.8 Å². The van der Waals surface area contributed by atoms with E-state index in [1.807, 2.05) is 25.1 Å². The van der Waals surface area contributed by atoms with E-state index >= 15 is 0 Å². The first kappa shape index (κ1) is 21.8. The molecule has 0 aliphatic carbocycles. The van der Waals surface area contributed by atoms with Crippen LogP contribution in [0.2, 0.25) is 0 Å². The third kappa shape index (κ3) is 3.54. The first-order valence-electron chi connectivity index (χ1n) is 12.2. The molecule has 0 amide bonds. The van der Waals surface area contributed by atoms with Crippen LogP contribution in [-0.4, -0.2) is 71.2 Å². The molecule has 2 aromatic carbocycles.